The van der Waals surface area contributed by atoms with E-state index in [0.717, 1.165) is 0 Å². The first kappa shape index (κ1) is 15.1. The average Bonchev–Trinajstić information content (AvgIpc) is 2.51. The number of rotatable bonds is 4. The summed E-state index contributed by atoms with van der Waals surface area (Å²) >= 11 is 0. The normalized spacial score (nSPS) is 10.6. The number of halogens is 5. The van der Waals surface area contributed by atoms with Crippen LogP contribution in [-0.2, 0) is 6.54 Å². The summed E-state index contributed by atoms with van der Waals surface area (Å²) in [6.07, 6.45) is 0. The molecule has 2 aromatic carbocycles. The maximum atomic E-state index is 13.5. The lowest BCUT2D eigenvalue weighted by Gasteiger charge is -2.12. The number of para-hydroxylation sites is 1. The van der Waals surface area contributed by atoms with E-state index in [9.17, 15) is 22.0 Å². The number of hydrogen-bond acceptors (Lipinski definition) is 2. The first-order chi connectivity index (χ1) is 9.97. The topological polar surface area (TPSA) is 21.3 Å². The largest absolute Gasteiger partial charge is 0.496 e. The van der Waals surface area contributed by atoms with E-state index in [1.807, 2.05) is 0 Å². The van der Waals surface area contributed by atoms with Gasteiger partial charge in [0.1, 0.15) is 11.4 Å². The molecule has 2 rings (SSSR count). The highest BCUT2D eigenvalue weighted by Crippen LogP contribution is 2.28. The van der Waals surface area contributed by atoms with Crippen LogP contribution in [0.2, 0.25) is 0 Å². The van der Waals surface area contributed by atoms with E-state index in [1.54, 1.807) is 24.3 Å². The first-order valence-corrected chi connectivity index (χ1v) is 5.84. The van der Waals surface area contributed by atoms with Gasteiger partial charge in [-0.1, -0.05) is 18.2 Å². The molecular weight excluding hydrogens is 293 g/mol. The van der Waals surface area contributed by atoms with Crippen molar-refractivity contribution in [3.8, 4) is 5.75 Å². The van der Waals surface area contributed by atoms with Crippen molar-refractivity contribution in [2.75, 3.05) is 12.4 Å². The van der Waals surface area contributed by atoms with Crippen molar-refractivity contribution in [1.82, 2.24) is 0 Å². The summed E-state index contributed by atoms with van der Waals surface area (Å²) in [6.45, 7) is -0.164. The van der Waals surface area contributed by atoms with Crippen LogP contribution in [0.5, 0.6) is 5.75 Å². The van der Waals surface area contributed by atoms with Gasteiger partial charge in [0.2, 0.25) is 5.82 Å². The Bertz CT molecular complexity index is 646. The van der Waals surface area contributed by atoms with Crippen molar-refractivity contribution in [3.63, 3.8) is 0 Å². The third-order valence-corrected chi connectivity index (χ3v) is 2.86. The zero-order valence-corrected chi connectivity index (χ0v) is 10.8. The van der Waals surface area contributed by atoms with Gasteiger partial charge in [-0.2, -0.15) is 0 Å². The summed E-state index contributed by atoms with van der Waals surface area (Å²) in [5, 5.41) is 2.20. The van der Waals surface area contributed by atoms with E-state index in [-0.39, 0.29) is 6.54 Å². The van der Waals surface area contributed by atoms with Gasteiger partial charge in [0, 0.05) is 12.1 Å². The maximum Gasteiger partial charge on any atom is 0.200 e. The molecule has 2 aromatic rings. The van der Waals surface area contributed by atoms with Crippen LogP contribution < -0.4 is 10.1 Å². The van der Waals surface area contributed by atoms with Gasteiger partial charge in [-0.3, -0.25) is 0 Å². The Morgan fingerprint density at radius 1 is 0.857 bits per heavy atom. The van der Waals surface area contributed by atoms with Crippen molar-refractivity contribution in [2.24, 2.45) is 0 Å². The molecule has 0 bridgehead atoms. The Labute approximate surface area is 117 Å². The van der Waals surface area contributed by atoms with E-state index >= 15 is 0 Å². The van der Waals surface area contributed by atoms with Crippen LogP contribution in [0.25, 0.3) is 0 Å². The Hall–Kier alpha value is -2.31. The third-order valence-electron chi connectivity index (χ3n) is 2.86. The van der Waals surface area contributed by atoms with Gasteiger partial charge in [0.05, 0.1) is 7.11 Å². The Balaban J connectivity index is 2.33. The maximum absolute atomic E-state index is 13.5. The highest BCUT2D eigenvalue weighted by atomic mass is 19.2. The molecule has 0 saturated carbocycles. The van der Waals surface area contributed by atoms with Gasteiger partial charge in [-0.05, 0) is 6.07 Å². The van der Waals surface area contributed by atoms with Gasteiger partial charge in [0.25, 0.3) is 0 Å². The van der Waals surface area contributed by atoms with Gasteiger partial charge in [0.15, 0.2) is 23.3 Å². The van der Waals surface area contributed by atoms with Crippen LogP contribution in [-0.4, -0.2) is 7.11 Å². The second kappa shape index (κ2) is 5.99. The highest BCUT2D eigenvalue weighted by molar-refractivity contribution is 5.49. The molecule has 0 aliphatic rings. The summed E-state index contributed by atoms with van der Waals surface area (Å²) in [7, 11) is 1.40. The minimum absolute atomic E-state index is 0.164. The fourth-order valence-electron chi connectivity index (χ4n) is 1.79. The fraction of sp³-hybridized carbons (Fsp3) is 0.143. The van der Waals surface area contributed by atoms with E-state index in [1.165, 1.54) is 7.11 Å². The predicted octanol–water partition coefficient (Wildman–Crippen LogP) is 4.00. The van der Waals surface area contributed by atoms with E-state index in [4.69, 9.17) is 4.74 Å². The van der Waals surface area contributed by atoms with Crippen LogP contribution in [0, 0.1) is 29.1 Å². The molecule has 112 valence electrons. The number of hydrogen-bond donors (Lipinski definition) is 1. The van der Waals surface area contributed by atoms with Gasteiger partial charge >= 0.3 is 0 Å². The molecule has 0 radical (unpaired) electrons. The molecule has 1 N–H and O–H groups in total. The monoisotopic (exact) mass is 303 g/mol. The van der Waals surface area contributed by atoms with Gasteiger partial charge < -0.3 is 10.1 Å². The van der Waals surface area contributed by atoms with Gasteiger partial charge in [-0.15, -0.1) is 0 Å². The second-order valence-electron chi connectivity index (χ2n) is 4.11. The average molecular weight is 303 g/mol. The van der Waals surface area contributed by atoms with Crippen molar-refractivity contribution in [2.45, 2.75) is 6.54 Å². The van der Waals surface area contributed by atoms with Crippen LogP contribution in [0.4, 0.5) is 27.6 Å². The molecular formula is C14H10F5NO. The highest BCUT2D eigenvalue weighted by Gasteiger charge is 2.25. The first-order valence-electron chi connectivity index (χ1n) is 5.84. The summed E-state index contributed by atoms with van der Waals surface area (Å²) in [5.41, 5.74) is -0.568. The van der Waals surface area contributed by atoms with E-state index in [0.29, 0.717) is 11.3 Å². The number of anilines is 1. The summed E-state index contributed by atoms with van der Waals surface area (Å²) in [4.78, 5) is 0. The Morgan fingerprint density at radius 3 is 1.95 bits per heavy atom. The molecule has 0 aliphatic heterocycles. The van der Waals surface area contributed by atoms with Crippen LogP contribution in [0.3, 0.4) is 0 Å². The lowest BCUT2D eigenvalue weighted by Crippen LogP contribution is -2.10. The Morgan fingerprint density at radius 2 is 1.38 bits per heavy atom. The molecule has 0 saturated heterocycles. The molecule has 0 aliphatic carbocycles. The molecule has 7 heteroatoms. The minimum Gasteiger partial charge on any atom is -0.496 e. The number of methoxy groups -OCH3 is 1. The van der Waals surface area contributed by atoms with Crippen molar-refractivity contribution in [3.05, 3.63) is 58.9 Å². The van der Waals surface area contributed by atoms with Crippen molar-refractivity contribution >= 4 is 5.69 Å². The van der Waals surface area contributed by atoms with E-state index < -0.39 is 34.8 Å². The number of ether oxygens (including phenoxy) is 1. The molecule has 0 unspecified atom stereocenters. The van der Waals surface area contributed by atoms with Crippen LogP contribution in [0.1, 0.15) is 5.56 Å². The fourth-order valence-corrected chi connectivity index (χ4v) is 1.79. The number of benzene rings is 2. The standard InChI is InChI=1S/C14H10F5NO/c1-21-8-5-3-2-4-7(8)6-20-14-12(18)10(16)9(15)11(17)13(14)19/h2-5,20H,6H2,1H3. The molecule has 0 atom stereocenters. The number of nitrogens with one attached hydrogen (secondary N) is 1. The predicted molar refractivity (Wildman–Crippen MR) is 66.6 cm³/mol. The molecule has 21 heavy (non-hydrogen) atoms. The summed E-state index contributed by atoms with van der Waals surface area (Å²) in [6, 6.07) is 6.53. The summed E-state index contributed by atoms with van der Waals surface area (Å²) in [5.74, 6) is -9.54. The van der Waals surface area contributed by atoms with Crippen LogP contribution in [0.15, 0.2) is 24.3 Å². The van der Waals surface area contributed by atoms with Gasteiger partial charge in [-0.25, -0.2) is 22.0 Å². The third kappa shape index (κ3) is 2.76. The van der Waals surface area contributed by atoms with E-state index in [2.05, 4.69) is 5.32 Å². The molecule has 0 heterocycles. The minimum atomic E-state index is -2.19. The lowest BCUT2D eigenvalue weighted by molar-refractivity contribution is 0.381. The van der Waals surface area contributed by atoms with Crippen molar-refractivity contribution in [1.29, 1.82) is 0 Å². The zero-order chi connectivity index (χ0) is 15.6. The van der Waals surface area contributed by atoms with Crippen molar-refractivity contribution < 1.29 is 26.7 Å². The molecule has 0 aromatic heterocycles. The lowest BCUT2D eigenvalue weighted by atomic mass is 10.2. The molecule has 0 spiro atoms. The SMILES string of the molecule is COc1ccccc1CNc1c(F)c(F)c(F)c(F)c1F. The molecule has 0 amide bonds. The second-order valence-corrected chi connectivity index (χ2v) is 4.11. The molecule has 0 fully saturated rings. The summed E-state index contributed by atoms with van der Waals surface area (Å²) < 4.78 is 71.0. The molecule has 2 nitrogen and oxygen atoms in total. The quantitative estimate of drug-likeness (QED) is 0.523. The zero-order valence-electron chi connectivity index (χ0n) is 10.8. The Kier molecular flexibility index (Phi) is 4.30. The van der Waals surface area contributed by atoms with Crippen LogP contribution >= 0.6 is 0 Å². The smallest absolute Gasteiger partial charge is 0.200 e.